The molecule has 4 atom stereocenters. The molecule has 1 fully saturated rings. The van der Waals surface area contributed by atoms with Gasteiger partial charge < -0.3 is 24.8 Å². The number of unbranched alkanes of at least 4 members (excludes halogenated alkanes) is 15. The Bertz CT molecular complexity index is 430. The minimum atomic E-state index is -1.24. The van der Waals surface area contributed by atoms with Gasteiger partial charge in [0.1, 0.15) is 18.3 Å². The molecule has 0 amide bonds. The van der Waals surface area contributed by atoms with E-state index in [9.17, 15) is 15.0 Å². The summed E-state index contributed by atoms with van der Waals surface area (Å²) in [6, 6.07) is 0. The van der Waals surface area contributed by atoms with Gasteiger partial charge in [0.05, 0.1) is 13.2 Å². The molecular formula is C25H48O6. The second-order valence-electron chi connectivity index (χ2n) is 9.12. The lowest BCUT2D eigenvalue weighted by Gasteiger charge is -2.36. The Morgan fingerprint density at radius 2 is 1.23 bits per heavy atom. The van der Waals surface area contributed by atoms with Gasteiger partial charge in [-0.25, -0.2) is 0 Å². The van der Waals surface area contributed by atoms with Crippen LogP contribution in [0.2, 0.25) is 0 Å². The zero-order valence-corrected chi connectivity index (χ0v) is 19.8. The number of carbonyl (C=O) groups is 1. The van der Waals surface area contributed by atoms with Crippen molar-refractivity contribution in [2.24, 2.45) is 0 Å². The monoisotopic (exact) mass is 444 g/mol. The standard InChI is InChI=1S/C25H48O6/c1-2-3-4-5-6-7-8-9-10-11-12-13-14-15-16-17-18-23(27)31-22-20-30-21(19-26)24(28)25(22)29/h21-22,24-26,28-29H,2-20H2,1H3/t21-,22-,24-,25-/m1/s1. The van der Waals surface area contributed by atoms with Crippen molar-refractivity contribution in [3.8, 4) is 0 Å². The van der Waals surface area contributed by atoms with E-state index in [1.165, 1.54) is 83.5 Å². The average molecular weight is 445 g/mol. The van der Waals surface area contributed by atoms with E-state index >= 15 is 0 Å². The maximum absolute atomic E-state index is 11.9. The summed E-state index contributed by atoms with van der Waals surface area (Å²) in [6.07, 6.45) is 16.7. The van der Waals surface area contributed by atoms with Crippen molar-refractivity contribution in [1.29, 1.82) is 0 Å². The molecule has 1 saturated heterocycles. The molecule has 0 saturated carbocycles. The number of aliphatic hydroxyl groups excluding tert-OH is 3. The lowest BCUT2D eigenvalue weighted by molar-refractivity contribution is -0.210. The molecule has 184 valence electrons. The van der Waals surface area contributed by atoms with E-state index in [1.54, 1.807) is 0 Å². The van der Waals surface area contributed by atoms with Crippen molar-refractivity contribution in [1.82, 2.24) is 0 Å². The summed E-state index contributed by atoms with van der Waals surface area (Å²) in [6.45, 7) is 1.88. The van der Waals surface area contributed by atoms with E-state index in [2.05, 4.69) is 6.92 Å². The third-order valence-electron chi connectivity index (χ3n) is 6.28. The van der Waals surface area contributed by atoms with Crippen LogP contribution in [0, 0.1) is 0 Å². The maximum Gasteiger partial charge on any atom is 0.306 e. The first-order valence-electron chi connectivity index (χ1n) is 12.9. The third-order valence-corrected chi connectivity index (χ3v) is 6.28. The summed E-state index contributed by atoms with van der Waals surface area (Å²) in [5.41, 5.74) is 0. The fourth-order valence-corrected chi connectivity index (χ4v) is 4.17. The largest absolute Gasteiger partial charge is 0.457 e. The van der Waals surface area contributed by atoms with Crippen LogP contribution in [-0.4, -0.2) is 58.9 Å². The van der Waals surface area contributed by atoms with Gasteiger partial charge in [-0.2, -0.15) is 0 Å². The molecule has 0 aromatic heterocycles. The average Bonchev–Trinajstić information content (AvgIpc) is 2.77. The lowest BCUT2D eigenvalue weighted by Crippen LogP contribution is -2.55. The molecule has 6 heteroatoms. The van der Waals surface area contributed by atoms with Crippen LogP contribution in [0.1, 0.15) is 116 Å². The highest BCUT2D eigenvalue weighted by Gasteiger charge is 2.40. The van der Waals surface area contributed by atoms with Gasteiger partial charge in [0.2, 0.25) is 0 Å². The van der Waals surface area contributed by atoms with E-state index < -0.39 is 24.4 Å². The predicted molar refractivity (Wildman–Crippen MR) is 123 cm³/mol. The van der Waals surface area contributed by atoms with Crippen LogP contribution in [0.5, 0.6) is 0 Å². The van der Waals surface area contributed by atoms with E-state index in [-0.39, 0.29) is 19.2 Å². The molecule has 0 aromatic carbocycles. The summed E-state index contributed by atoms with van der Waals surface area (Å²) in [4.78, 5) is 11.9. The molecule has 0 radical (unpaired) electrons. The molecule has 0 bridgehead atoms. The van der Waals surface area contributed by atoms with Gasteiger partial charge in [0, 0.05) is 6.42 Å². The van der Waals surface area contributed by atoms with E-state index in [0.717, 1.165) is 19.3 Å². The van der Waals surface area contributed by atoms with E-state index in [4.69, 9.17) is 14.6 Å². The van der Waals surface area contributed by atoms with Gasteiger partial charge in [-0.3, -0.25) is 4.79 Å². The van der Waals surface area contributed by atoms with Gasteiger partial charge in [-0.1, -0.05) is 103 Å². The van der Waals surface area contributed by atoms with Crippen LogP contribution in [0.25, 0.3) is 0 Å². The van der Waals surface area contributed by atoms with Crippen molar-refractivity contribution < 1.29 is 29.6 Å². The fraction of sp³-hybridized carbons (Fsp3) is 0.960. The minimum Gasteiger partial charge on any atom is -0.457 e. The van der Waals surface area contributed by atoms with Gasteiger partial charge in [0.25, 0.3) is 0 Å². The van der Waals surface area contributed by atoms with Crippen molar-refractivity contribution >= 4 is 5.97 Å². The highest BCUT2D eigenvalue weighted by molar-refractivity contribution is 5.69. The summed E-state index contributed by atoms with van der Waals surface area (Å²) in [7, 11) is 0. The Morgan fingerprint density at radius 1 is 0.774 bits per heavy atom. The van der Waals surface area contributed by atoms with Crippen molar-refractivity contribution in [2.75, 3.05) is 13.2 Å². The number of carbonyl (C=O) groups excluding carboxylic acids is 1. The predicted octanol–water partition coefficient (Wildman–Crippen LogP) is 4.66. The molecule has 0 spiro atoms. The Kier molecular flexibility index (Phi) is 17.2. The number of aliphatic hydroxyl groups is 3. The second-order valence-corrected chi connectivity index (χ2v) is 9.12. The van der Waals surface area contributed by atoms with Crippen molar-refractivity contribution in [2.45, 2.75) is 140 Å². The molecule has 1 aliphatic heterocycles. The number of esters is 1. The molecule has 3 N–H and O–H groups in total. The SMILES string of the molecule is CCCCCCCCCCCCCCCCCCC(=O)O[C@@H]1CO[C@H](CO)[C@@H](O)[C@@H]1O. The Balaban J connectivity index is 1.86. The molecule has 0 unspecified atom stereocenters. The number of rotatable bonds is 19. The fourth-order valence-electron chi connectivity index (χ4n) is 4.17. The lowest BCUT2D eigenvalue weighted by atomic mass is 10.0. The Hall–Kier alpha value is -0.690. The molecule has 1 aliphatic rings. The molecule has 6 nitrogen and oxygen atoms in total. The Labute approximate surface area is 189 Å². The number of hydrogen-bond donors (Lipinski definition) is 3. The van der Waals surface area contributed by atoms with Crippen LogP contribution in [0.3, 0.4) is 0 Å². The first-order valence-corrected chi connectivity index (χ1v) is 12.9. The zero-order valence-electron chi connectivity index (χ0n) is 19.8. The third kappa shape index (κ3) is 13.5. The summed E-state index contributed by atoms with van der Waals surface area (Å²) >= 11 is 0. The first kappa shape index (κ1) is 28.3. The van der Waals surface area contributed by atoms with E-state index in [0.29, 0.717) is 6.42 Å². The maximum atomic E-state index is 11.9. The van der Waals surface area contributed by atoms with Gasteiger partial charge in [-0.05, 0) is 6.42 Å². The van der Waals surface area contributed by atoms with Crippen LogP contribution >= 0.6 is 0 Å². The summed E-state index contributed by atoms with van der Waals surface area (Å²) in [5.74, 6) is -0.368. The summed E-state index contributed by atoms with van der Waals surface area (Å²) in [5, 5.41) is 28.9. The molecule has 31 heavy (non-hydrogen) atoms. The normalized spacial score (nSPS) is 23.7. The summed E-state index contributed by atoms with van der Waals surface area (Å²) < 4.78 is 10.5. The first-order chi connectivity index (χ1) is 15.1. The van der Waals surface area contributed by atoms with Crippen LogP contribution < -0.4 is 0 Å². The van der Waals surface area contributed by atoms with Gasteiger partial charge in [0.15, 0.2) is 6.10 Å². The topological polar surface area (TPSA) is 96.2 Å². The smallest absolute Gasteiger partial charge is 0.306 e. The molecule has 0 aromatic rings. The molecule has 1 rings (SSSR count). The minimum absolute atomic E-state index is 0.00580. The molecule has 1 heterocycles. The Morgan fingerprint density at radius 3 is 1.68 bits per heavy atom. The van der Waals surface area contributed by atoms with Gasteiger partial charge >= 0.3 is 5.97 Å². The quantitative estimate of drug-likeness (QED) is 0.198. The van der Waals surface area contributed by atoms with Crippen LogP contribution in [0.4, 0.5) is 0 Å². The van der Waals surface area contributed by atoms with Crippen LogP contribution in [0.15, 0.2) is 0 Å². The molecule has 0 aliphatic carbocycles. The van der Waals surface area contributed by atoms with Gasteiger partial charge in [-0.15, -0.1) is 0 Å². The number of hydrogen-bond acceptors (Lipinski definition) is 6. The molecular weight excluding hydrogens is 396 g/mol. The highest BCUT2D eigenvalue weighted by Crippen LogP contribution is 2.19. The van der Waals surface area contributed by atoms with E-state index in [1.807, 2.05) is 0 Å². The van der Waals surface area contributed by atoms with Crippen LogP contribution in [-0.2, 0) is 14.3 Å². The zero-order chi connectivity index (χ0) is 22.7. The highest BCUT2D eigenvalue weighted by atomic mass is 16.6. The van der Waals surface area contributed by atoms with Crippen molar-refractivity contribution in [3.63, 3.8) is 0 Å². The number of ether oxygens (including phenoxy) is 2. The van der Waals surface area contributed by atoms with Crippen molar-refractivity contribution in [3.05, 3.63) is 0 Å². The second kappa shape index (κ2) is 18.8.